The molecule has 0 bridgehead atoms. The summed E-state index contributed by atoms with van der Waals surface area (Å²) in [4.78, 5) is 20.4. The Balaban J connectivity index is 1.61. The quantitative estimate of drug-likeness (QED) is 0.696. The van der Waals surface area contributed by atoms with E-state index in [1.54, 1.807) is 0 Å². The van der Waals surface area contributed by atoms with Gasteiger partial charge in [0.25, 0.3) is 5.91 Å². The number of nitrogens with one attached hydrogen (secondary N) is 1. The molecule has 3 atom stereocenters. The van der Waals surface area contributed by atoms with Crippen LogP contribution in [0.3, 0.4) is 0 Å². The van der Waals surface area contributed by atoms with Gasteiger partial charge in [-0.1, -0.05) is 30.3 Å². The predicted octanol–water partition coefficient (Wildman–Crippen LogP) is 2.33. The van der Waals surface area contributed by atoms with E-state index < -0.39 is 6.10 Å². The molecule has 30 heavy (non-hydrogen) atoms. The fourth-order valence-electron chi connectivity index (χ4n) is 4.18. The van der Waals surface area contributed by atoms with Gasteiger partial charge in [-0.2, -0.15) is 0 Å². The van der Waals surface area contributed by atoms with Crippen LogP contribution in [0.5, 0.6) is 0 Å². The van der Waals surface area contributed by atoms with Crippen LogP contribution in [0.25, 0.3) is 11.4 Å². The predicted molar refractivity (Wildman–Crippen MR) is 117 cm³/mol. The van der Waals surface area contributed by atoms with Crippen molar-refractivity contribution in [3.63, 3.8) is 0 Å². The summed E-state index contributed by atoms with van der Waals surface area (Å²) in [7, 11) is 0. The molecule has 1 saturated carbocycles. The van der Waals surface area contributed by atoms with Crippen LogP contribution in [0.1, 0.15) is 44.8 Å². The van der Waals surface area contributed by atoms with Gasteiger partial charge in [-0.15, -0.1) is 0 Å². The van der Waals surface area contributed by atoms with Crippen LogP contribution >= 0.6 is 0 Å². The summed E-state index contributed by atoms with van der Waals surface area (Å²) in [5.74, 6) is 1.00. The largest absolute Gasteiger partial charge is 0.363 e. The van der Waals surface area contributed by atoms with Gasteiger partial charge in [0.05, 0.1) is 17.8 Å². The first-order chi connectivity index (χ1) is 14.6. The summed E-state index contributed by atoms with van der Waals surface area (Å²) in [6, 6.07) is 10.4. The first kappa shape index (κ1) is 21.0. The third-order valence-electron chi connectivity index (χ3n) is 5.90. The molecule has 1 aliphatic carbocycles. The van der Waals surface area contributed by atoms with Crippen molar-refractivity contribution in [3.8, 4) is 11.4 Å². The number of amides is 1. The van der Waals surface area contributed by atoms with Gasteiger partial charge in [0, 0.05) is 37.4 Å². The zero-order chi connectivity index (χ0) is 21.1. The summed E-state index contributed by atoms with van der Waals surface area (Å²) in [6.45, 7) is 6.89. The van der Waals surface area contributed by atoms with Gasteiger partial charge in [-0.05, 0) is 39.7 Å². The molecule has 1 aromatic heterocycles. The van der Waals surface area contributed by atoms with Gasteiger partial charge >= 0.3 is 0 Å². The molecular weight excluding hydrogens is 378 g/mol. The highest BCUT2D eigenvalue weighted by atomic mass is 16.5. The first-order valence-corrected chi connectivity index (χ1v) is 11.1. The number of aromatic nitrogens is 2. The highest BCUT2D eigenvalue weighted by Crippen LogP contribution is 2.36. The lowest BCUT2D eigenvalue weighted by molar-refractivity contribution is -0.152. The van der Waals surface area contributed by atoms with E-state index >= 15 is 0 Å². The smallest absolute Gasteiger partial charge is 0.253 e. The molecule has 7 nitrogen and oxygen atoms in total. The Morgan fingerprint density at radius 2 is 2.10 bits per heavy atom. The van der Waals surface area contributed by atoms with Crippen molar-refractivity contribution in [2.45, 2.75) is 63.9 Å². The van der Waals surface area contributed by atoms with Crippen LogP contribution < -0.4 is 11.1 Å². The first-order valence-electron chi connectivity index (χ1n) is 11.1. The molecule has 0 spiro atoms. The van der Waals surface area contributed by atoms with Crippen molar-refractivity contribution < 1.29 is 9.53 Å². The second kappa shape index (κ2) is 9.29. The number of hydrogen-bond donors (Lipinski definition) is 2. The lowest BCUT2D eigenvalue weighted by Gasteiger charge is -2.35. The molecule has 3 N–H and O–H groups in total. The van der Waals surface area contributed by atoms with Crippen LogP contribution in [0, 0.1) is 0 Å². The van der Waals surface area contributed by atoms with E-state index in [4.69, 9.17) is 15.5 Å². The zero-order valence-corrected chi connectivity index (χ0v) is 18.0. The van der Waals surface area contributed by atoms with Crippen molar-refractivity contribution in [1.29, 1.82) is 0 Å². The molecule has 1 aromatic carbocycles. The Kier molecular flexibility index (Phi) is 6.51. The number of rotatable bonds is 8. The Hall–Kier alpha value is -2.22. The Labute approximate surface area is 178 Å². The Morgan fingerprint density at radius 3 is 2.77 bits per heavy atom. The molecule has 2 fully saturated rings. The average Bonchev–Trinajstić information content (AvgIpc) is 3.50. The number of aryl methyl sites for hydroxylation is 1. The van der Waals surface area contributed by atoms with Crippen molar-refractivity contribution in [3.05, 3.63) is 42.2 Å². The molecule has 0 unspecified atom stereocenters. The second-order valence-corrected chi connectivity index (χ2v) is 8.44. The van der Waals surface area contributed by atoms with E-state index in [9.17, 15) is 4.79 Å². The number of nitrogens with two attached hydrogens (primary N) is 1. The topological polar surface area (TPSA) is 85.4 Å². The third kappa shape index (κ3) is 4.58. The van der Waals surface area contributed by atoms with Crippen molar-refractivity contribution in [2.24, 2.45) is 5.73 Å². The van der Waals surface area contributed by atoms with Crippen LogP contribution in [0.4, 0.5) is 0 Å². The van der Waals surface area contributed by atoms with Gasteiger partial charge in [0.2, 0.25) is 0 Å². The summed E-state index contributed by atoms with van der Waals surface area (Å²) < 4.78 is 8.12. The summed E-state index contributed by atoms with van der Waals surface area (Å²) in [5, 5.41) is 3.31. The normalized spacial score (nSPS) is 22.6. The van der Waals surface area contributed by atoms with E-state index in [1.807, 2.05) is 30.0 Å². The fourth-order valence-corrected chi connectivity index (χ4v) is 4.18. The fraction of sp³-hybridized carbons (Fsp3) is 0.565. The number of nitrogens with zero attached hydrogens (tertiary/aromatic N) is 3. The van der Waals surface area contributed by atoms with E-state index in [0.29, 0.717) is 13.1 Å². The van der Waals surface area contributed by atoms with E-state index in [0.717, 1.165) is 49.4 Å². The molecule has 1 amide bonds. The number of ether oxygens (including phenoxy) is 1. The van der Waals surface area contributed by atoms with Gasteiger partial charge < -0.3 is 25.3 Å². The highest BCUT2D eigenvalue weighted by molar-refractivity contribution is 5.82. The number of morpholine rings is 1. The van der Waals surface area contributed by atoms with Crippen molar-refractivity contribution in [1.82, 2.24) is 19.8 Å². The number of carbonyl (C=O) groups is 1. The second-order valence-electron chi connectivity index (χ2n) is 8.44. The summed E-state index contributed by atoms with van der Waals surface area (Å²) in [5.41, 5.74) is 7.75. The molecule has 2 aromatic rings. The minimum atomic E-state index is -0.426. The molecule has 1 aliphatic heterocycles. The standard InChI is InChI=1S/C23H33N5O2/c1-16-13-25-14-21(30-16)23(29)28(19-9-10-19)17(2)20-15-27(12-6-11-24)22(26-20)18-7-4-3-5-8-18/h3-5,7-8,15-17,19,21,25H,6,9-14,24H2,1-2H3/t16-,17-,21-/m1/s1. The Bertz CT molecular complexity index is 849. The van der Waals surface area contributed by atoms with Crippen LogP contribution in [0.2, 0.25) is 0 Å². The minimum absolute atomic E-state index is 0.0456. The molecule has 0 radical (unpaired) electrons. The maximum atomic E-state index is 13.4. The lowest BCUT2D eigenvalue weighted by atomic mass is 10.1. The van der Waals surface area contributed by atoms with Crippen molar-refractivity contribution in [2.75, 3.05) is 19.6 Å². The van der Waals surface area contributed by atoms with Crippen LogP contribution in [0.15, 0.2) is 36.5 Å². The molecule has 2 heterocycles. The highest BCUT2D eigenvalue weighted by Gasteiger charge is 2.41. The third-order valence-corrected chi connectivity index (χ3v) is 5.90. The van der Waals surface area contributed by atoms with Crippen LogP contribution in [-0.2, 0) is 16.1 Å². The van der Waals surface area contributed by atoms with Crippen LogP contribution in [-0.4, -0.2) is 58.2 Å². The van der Waals surface area contributed by atoms with E-state index in [-0.39, 0.29) is 24.1 Å². The monoisotopic (exact) mass is 411 g/mol. The zero-order valence-electron chi connectivity index (χ0n) is 18.0. The van der Waals surface area contributed by atoms with E-state index in [1.165, 1.54) is 0 Å². The van der Waals surface area contributed by atoms with E-state index in [2.05, 4.69) is 35.1 Å². The Morgan fingerprint density at radius 1 is 1.33 bits per heavy atom. The maximum Gasteiger partial charge on any atom is 0.253 e. The van der Waals surface area contributed by atoms with Crippen molar-refractivity contribution >= 4 is 5.91 Å². The minimum Gasteiger partial charge on any atom is -0.363 e. The SMILES string of the molecule is C[C@@H]1CNC[C@H](C(=O)N(C2CC2)[C@H](C)c2cn(CCCN)c(-c3ccccc3)n2)O1. The summed E-state index contributed by atoms with van der Waals surface area (Å²) >= 11 is 0. The number of imidazole rings is 1. The van der Waals surface area contributed by atoms with Gasteiger partial charge in [0.1, 0.15) is 11.9 Å². The number of benzene rings is 1. The van der Waals surface area contributed by atoms with Gasteiger partial charge in [-0.3, -0.25) is 4.79 Å². The van der Waals surface area contributed by atoms with Gasteiger partial charge in [0.15, 0.2) is 0 Å². The van der Waals surface area contributed by atoms with Gasteiger partial charge in [-0.25, -0.2) is 4.98 Å². The lowest BCUT2D eigenvalue weighted by Crippen LogP contribution is -2.53. The molecule has 1 saturated heterocycles. The molecule has 7 heteroatoms. The molecule has 2 aliphatic rings. The summed E-state index contributed by atoms with van der Waals surface area (Å²) in [6.07, 6.45) is 4.69. The molecular formula is C23H33N5O2. The maximum absolute atomic E-state index is 13.4. The molecule has 4 rings (SSSR count). The number of carbonyl (C=O) groups excluding carboxylic acids is 1. The number of hydrogen-bond acceptors (Lipinski definition) is 5. The molecule has 162 valence electrons. The average molecular weight is 412 g/mol.